The van der Waals surface area contributed by atoms with Gasteiger partial charge in [-0.1, -0.05) is 31.2 Å². The maximum absolute atomic E-state index is 11.5. The molecule has 2 saturated carbocycles. The number of hydrogen-bond acceptors (Lipinski definition) is 6. The lowest BCUT2D eigenvalue weighted by Gasteiger charge is -2.55. The molecule has 4 N–H and O–H groups in total. The van der Waals surface area contributed by atoms with Crippen LogP contribution in [-0.2, 0) is 4.74 Å². The molecule has 1 unspecified atom stereocenters. The van der Waals surface area contributed by atoms with Gasteiger partial charge in [-0.25, -0.2) is 0 Å². The molecule has 1 aromatic heterocycles. The van der Waals surface area contributed by atoms with E-state index in [2.05, 4.69) is 36.2 Å². The molecule has 9 atom stereocenters. The SMILES string of the molecule is C[C@]12CC=C3C=C4[C@H](O)[C@H](O)[C@@H](O)C[C@]45CCC3(O5)[C@@H]1C[C@@H](O)[C@@H]2c1ccc2ccncc2c1. The highest BCUT2D eigenvalue weighted by Crippen LogP contribution is 2.69. The highest BCUT2D eigenvalue weighted by molar-refractivity contribution is 5.82. The molecule has 0 radical (unpaired) electrons. The molecule has 3 fully saturated rings. The molecule has 7 rings (SSSR count). The number of pyridine rings is 1. The number of aromatic nitrogens is 1. The van der Waals surface area contributed by atoms with Crippen molar-refractivity contribution in [3.8, 4) is 0 Å². The van der Waals surface area contributed by atoms with E-state index in [-0.39, 0.29) is 17.3 Å². The summed E-state index contributed by atoms with van der Waals surface area (Å²) in [5.74, 6) is 0.0899. The Labute approximate surface area is 198 Å². The molecule has 6 nitrogen and oxygen atoms in total. The Kier molecular flexibility index (Phi) is 4.22. The minimum atomic E-state index is -1.19. The standard InChI is InChI=1S/C28H31NO5/c1-26-6-4-18-11-19-24(32)25(33)21(31)13-27(19)7-8-28(18,34-27)22(26)12-20(30)23(26)16-3-2-15-5-9-29-14-17(15)10-16/h2-5,9-11,14,20-25,30-33H,6-8,12-13H2,1H3/t20-,21+,22-,23+,24+,25-,26+,27-,28?/m1/s1. The molecular weight excluding hydrogens is 430 g/mol. The summed E-state index contributed by atoms with van der Waals surface area (Å²) < 4.78 is 6.96. The molecule has 3 aliphatic carbocycles. The highest BCUT2D eigenvalue weighted by atomic mass is 16.5. The zero-order valence-electron chi connectivity index (χ0n) is 19.3. The van der Waals surface area contributed by atoms with Gasteiger partial charge in [0.1, 0.15) is 12.2 Å². The smallest absolute Gasteiger partial charge is 0.110 e. The second-order valence-electron chi connectivity index (χ2n) is 11.5. The Hall–Kier alpha value is -2.09. The van der Waals surface area contributed by atoms with Crippen LogP contribution in [0.5, 0.6) is 0 Å². The number of aliphatic hydroxyl groups excluding tert-OH is 4. The quantitative estimate of drug-likeness (QED) is 0.521. The van der Waals surface area contributed by atoms with Crippen LogP contribution < -0.4 is 0 Å². The van der Waals surface area contributed by atoms with E-state index in [0.717, 1.165) is 34.8 Å². The summed E-state index contributed by atoms with van der Waals surface area (Å²) in [6, 6.07) is 8.44. The maximum atomic E-state index is 11.5. The van der Waals surface area contributed by atoms with Gasteiger partial charge in [0.2, 0.25) is 0 Å². The van der Waals surface area contributed by atoms with E-state index in [1.807, 2.05) is 18.3 Å². The maximum Gasteiger partial charge on any atom is 0.110 e. The van der Waals surface area contributed by atoms with Gasteiger partial charge in [0.05, 0.1) is 23.4 Å². The zero-order valence-corrected chi connectivity index (χ0v) is 19.3. The third kappa shape index (κ3) is 2.50. The topological polar surface area (TPSA) is 103 Å². The number of fused-ring (bicyclic) bond motifs is 2. The first-order valence-corrected chi connectivity index (χ1v) is 12.5. The van der Waals surface area contributed by atoms with E-state index < -0.39 is 35.6 Å². The zero-order chi connectivity index (χ0) is 23.5. The summed E-state index contributed by atoms with van der Waals surface area (Å²) in [6.07, 6.45) is 7.37. The summed E-state index contributed by atoms with van der Waals surface area (Å²) in [4.78, 5) is 4.28. The van der Waals surface area contributed by atoms with Crippen LogP contribution in [0.2, 0.25) is 0 Å². The lowest BCUT2D eigenvalue weighted by Crippen LogP contribution is -2.59. The van der Waals surface area contributed by atoms with Crippen molar-refractivity contribution >= 4 is 10.8 Å². The van der Waals surface area contributed by atoms with E-state index in [1.165, 1.54) is 0 Å². The van der Waals surface area contributed by atoms with Crippen molar-refractivity contribution in [3.05, 3.63) is 65.5 Å². The van der Waals surface area contributed by atoms with Crippen molar-refractivity contribution in [2.45, 2.75) is 80.6 Å². The predicted molar refractivity (Wildman–Crippen MR) is 126 cm³/mol. The fraction of sp³-hybridized carbons (Fsp3) is 0.536. The van der Waals surface area contributed by atoms with Crippen LogP contribution in [0.25, 0.3) is 10.8 Å². The molecule has 5 aliphatic rings. The number of allylic oxidation sites excluding steroid dienone is 1. The van der Waals surface area contributed by atoms with Gasteiger partial charge in [-0.3, -0.25) is 4.98 Å². The molecule has 1 saturated heterocycles. The van der Waals surface area contributed by atoms with Gasteiger partial charge in [0.15, 0.2) is 0 Å². The average molecular weight is 462 g/mol. The van der Waals surface area contributed by atoms with Crippen LogP contribution in [0.4, 0.5) is 0 Å². The average Bonchev–Trinajstić information content (AvgIpc) is 3.29. The molecule has 178 valence electrons. The predicted octanol–water partition coefficient (Wildman–Crippen LogP) is 2.75. The largest absolute Gasteiger partial charge is 0.392 e. The van der Waals surface area contributed by atoms with E-state index >= 15 is 0 Å². The number of hydrogen-bond donors (Lipinski definition) is 4. The summed E-state index contributed by atoms with van der Waals surface area (Å²) in [5, 5.41) is 45.2. The Morgan fingerprint density at radius 1 is 1.03 bits per heavy atom. The van der Waals surface area contributed by atoms with Crippen molar-refractivity contribution in [2.24, 2.45) is 11.3 Å². The molecule has 3 heterocycles. The van der Waals surface area contributed by atoms with Gasteiger partial charge in [-0.15, -0.1) is 0 Å². The monoisotopic (exact) mass is 461 g/mol. The van der Waals surface area contributed by atoms with Gasteiger partial charge in [0, 0.05) is 36.0 Å². The Balaban J connectivity index is 1.33. The van der Waals surface area contributed by atoms with E-state index in [4.69, 9.17) is 4.74 Å². The second-order valence-corrected chi connectivity index (χ2v) is 11.5. The fourth-order valence-electron chi connectivity index (χ4n) is 8.34. The van der Waals surface area contributed by atoms with Crippen molar-refractivity contribution in [3.63, 3.8) is 0 Å². The van der Waals surface area contributed by atoms with E-state index in [1.54, 1.807) is 6.20 Å². The normalized spacial score (nSPS) is 47.0. The number of ether oxygens (including phenoxy) is 1. The molecule has 2 bridgehead atoms. The van der Waals surface area contributed by atoms with Crippen LogP contribution >= 0.6 is 0 Å². The van der Waals surface area contributed by atoms with E-state index in [9.17, 15) is 20.4 Å². The summed E-state index contributed by atoms with van der Waals surface area (Å²) in [5.41, 5.74) is 1.43. The number of aliphatic hydroxyl groups is 4. The van der Waals surface area contributed by atoms with Crippen LogP contribution in [-0.4, -0.2) is 61.0 Å². The van der Waals surface area contributed by atoms with Gasteiger partial charge < -0.3 is 25.2 Å². The third-order valence-electron chi connectivity index (χ3n) is 9.90. The Morgan fingerprint density at radius 2 is 1.88 bits per heavy atom. The van der Waals surface area contributed by atoms with E-state index in [0.29, 0.717) is 24.8 Å². The molecule has 2 aliphatic heterocycles. The fourth-order valence-corrected chi connectivity index (χ4v) is 8.34. The molecular formula is C28H31NO5. The minimum Gasteiger partial charge on any atom is -0.392 e. The number of nitrogens with zero attached hydrogens (tertiary/aromatic N) is 1. The summed E-state index contributed by atoms with van der Waals surface area (Å²) in [7, 11) is 0. The van der Waals surface area contributed by atoms with Crippen molar-refractivity contribution < 1.29 is 25.2 Å². The molecule has 2 aromatic rings. The molecule has 2 spiro atoms. The van der Waals surface area contributed by atoms with Crippen LogP contribution in [0.3, 0.4) is 0 Å². The van der Waals surface area contributed by atoms with Gasteiger partial charge >= 0.3 is 0 Å². The number of benzene rings is 1. The molecule has 34 heavy (non-hydrogen) atoms. The first kappa shape index (κ1) is 21.2. The summed E-state index contributed by atoms with van der Waals surface area (Å²) in [6.45, 7) is 2.29. The van der Waals surface area contributed by atoms with Crippen LogP contribution in [0.1, 0.15) is 50.5 Å². The third-order valence-corrected chi connectivity index (χ3v) is 9.90. The lowest BCUT2D eigenvalue weighted by atomic mass is 9.58. The number of rotatable bonds is 1. The second kappa shape index (κ2) is 6.77. The Morgan fingerprint density at radius 3 is 2.74 bits per heavy atom. The van der Waals surface area contributed by atoms with Crippen LogP contribution in [0, 0.1) is 11.3 Å². The lowest BCUT2D eigenvalue weighted by molar-refractivity contribution is -0.176. The Bertz CT molecular complexity index is 1260. The minimum absolute atomic E-state index is 0.0239. The highest BCUT2D eigenvalue weighted by Gasteiger charge is 2.69. The first-order chi connectivity index (χ1) is 16.3. The molecule has 1 aromatic carbocycles. The summed E-state index contributed by atoms with van der Waals surface area (Å²) >= 11 is 0. The van der Waals surface area contributed by atoms with Crippen molar-refractivity contribution in [2.75, 3.05) is 0 Å². The van der Waals surface area contributed by atoms with Gasteiger partial charge in [-0.05, 0) is 65.3 Å². The molecule has 0 amide bonds. The first-order valence-electron chi connectivity index (χ1n) is 12.5. The van der Waals surface area contributed by atoms with Crippen molar-refractivity contribution in [1.29, 1.82) is 0 Å². The van der Waals surface area contributed by atoms with Gasteiger partial charge in [-0.2, -0.15) is 0 Å². The van der Waals surface area contributed by atoms with Crippen LogP contribution in [0.15, 0.2) is 60.0 Å². The molecule has 6 heteroatoms. The van der Waals surface area contributed by atoms with Gasteiger partial charge in [0.25, 0.3) is 0 Å². The van der Waals surface area contributed by atoms with Crippen molar-refractivity contribution in [1.82, 2.24) is 4.98 Å².